The molecule has 6 N–H and O–H groups in total. The third kappa shape index (κ3) is 3.85. The number of hydrogen-bond donors (Lipinski definition) is 3. The normalized spacial score (nSPS) is 11.2. The minimum atomic E-state index is -0.339. The van der Waals surface area contributed by atoms with Gasteiger partial charge in [-0.1, -0.05) is 15.9 Å². The molecule has 0 bridgehead atoms. The van der Waals surface area contributed by atoms with Crippen molar-refractivity contribution in [1.82, 2.24) is 0 Å². The second-order valence-electron chi connectivity index (χ2n) is 2.95. The summed E-state index contributed by atoms with van der Waals surface area (Å²) in [4.78, 5) is 7.42. The minimum absolute atomic E-state index is 0.0452. The Labute approximate surface area is 100 Å². The van der Waals surface area contributed by atoms with E-state index in [4.69, 9.17) is 17.2 Å². The summed E-state index contributed by atoms with van der Waals surface area (Å²) in [6, 6.07) is 4.30. The van der Waals surface area contributed by atoms with Crippen LogP contribution >= 0.6 is 15.9 Å². The van der Waals surface area contributed by atoms with Gasteiger partial charge in [-0.2, -0.15) is 4.99 Å². The molecule has 0 aliphatic carbocycles. The first-order valence-electron chi connectivity index (χ1n) is 4.32. The van der Waals surface area contributed by atoms with Crippen LogP contribution in [0.15, 0.2) is 32.7 Å². The molecule has 0 unspecified atom stereocenters. The molecule has 0 radical (unpaired) electrons. The quantitative estimate of drug-likeness (QED) is 0.550. The number of hydrogen-bond acceptors (Lipinski definition) is 1. The van der Waals surface area contributed by atoms with Crippen LogP contribution in [0.5, 0.6) is 0 Å². The molecule has 5 nitrogen and oxygen atoms in total. The van der Waals surface area contributed by atoms with Gasteiger partial charge in [-0.25, -0.2) is 9.38 Å². The van der Waals surface area contributed by atoms with Crippen LogP contribution in [-0.4, -0.2) is 11.9 Å². The van der Waals surface area contributed by atoms with Crippen molar-refractivity contribution in [3.8, 4) is 0 Å². The fourth-order valence-electron chi connectivity index (χ4n) is 0.998. The molecule has 86 valence electrons. The van der Waals surface area contributed by atoms with Crippen LogP contribution in [0, 0.1) is 5.82 Å². The summed E-state index contributed by atoms with van der Waals surface area (Å²) >= 11 is 3.27. The highest BCUT2D eigenvalue weighted by Crippen LogP contribution is 2.18. The fourth-order valence-corrected chi connectivity index (χ4v) is 1.37. The molecule has 0 saturated carbocycles. The topological polar surface area (TPSA) is 103 Å². The highest BCUT2D eigenvalue weighted by molar-refractivity contribution is 9.10. The lowest BCUT2D eigenvalue weighted by atomic mass is 10.2. The van der Waals surface area contributed by atoms with Crippen molar-refractivity contribution in [2.75, 3.05) is 0 Å². The van der Waals surface area contributed by atoms with Crippen LogP contribution in [0.2, 0.25) is 0 Å². The lowest BCUT2D eigenvalue weighted by Gasteiger charge is -2.01. The first-order valence-corrected chi connectivity index (χ1v) is 5.12. The third-order valence-electron chi connectivity index (χ3n) is 1.66. The molecular formula is C9H11BrFN5. The van der Waals surface area contributed by atoms with Crippen molar-refractivity contribution < 1.29 is 4.39 Å². The van der Waals surface area contributed by atoms with E-state index in [-0.39, 0.29) is 24.3 Å². The number of benzene rings is 1. The monoisotopic (exact) mass is 287 g/mol. The Balaban J connectivity index is 2.81. The number of nitrogens with two attached hydrogens (primary N) is 3. The zero-order valence-corrected chi connectivity index (χ0v) is 9.91. The summed E-state index contributed by atoms with van der Waals surface area (Å²) in [6.07, 6.45) is 0. The van der Waals surface area contributed by atoms with E-state index in [1.54, 1.807) is 6.07 Å². The summed E-state index contributed by atoms with van der Waals surface area (Å²) < 4.78 is 13.7. The Morgan fingerprint density at radius 1 is 1.31 bits per heavy atom. The SMILES string of the molecule is NC(N)=NC(N)=NCc1cc(F)ccc1Br. The van der Waals surface area contributed by atoms with Crippen molar-refractivity contribution in [3.63, 3.8) is 0 Å². The van der Waals surface area contributed by atoms with Gasteiger partial charge in [0.05, 0.1) is 6.54 Å². The number of aliphatic imine (C=N–C) groups is 2. The van der Waals surface area contributed by atoms with Crippen LogP contribution < -0.4 is 17.2 Å². The number of guanidine groups is 2. The molecule has 0 fully saturated rings. The number of rotatable bonds is 2. The van der Waals surface area contributed by atoms with Crippen molar-refractivity contribution in [2.45, 2.75) is 6.54 Å². The zero-order chi connectivity index (χ0) is 12.1. The largest absolute Gasteiger partial charge is 0.370 e. The van der Waals surface area contributed by atoms with Gasteiger partial charge in [0.15, 0.2) is 5.96 Å². The zero-order valence-electron chi connectivity index (χ0n) is 8.32. The van der Waals surface area contributed by atoms with E-state index >= 15 is 0 Å². The molecule has 1 aromatic carbocycles. The molecule has 7 heteroatoms. The molecule has 0 aromatic heterocycles. The third-order valence-corrected chi connectivity index (χ3v) is 2.44. The Hall–Kier alpha value is -1.63. The fraction of sp³-hybridized carbons (Fsp3) is 0.111. The summed E-state index contributed by atoms with van der Waals surface area (Å²) in [5, 5.41) is 0. The lowest BCUT2D eigenvalue weighted by molar-refractivity contribution is 0.625. The van der Waals surface area contributed by atoms with E-state index in [0.29, 0.717) is 5.56 Å². The summed E-state index contributed by atoms with van der Waals surface area (Å²) in [6.45, 7) is 0.195. The molecule has 1 rings (SSSR count). The van der Waals surface area contributed by atoms with Gasteiger partial charge in [0.1, 0.15) is 5.82 Å². The maximum atomic E-state index is 12.9. The van der Waals surface area contributed by atoms with E-state index in [0.717, 1.165) is 4.47 Å². The van der Waals surface area contributed by atoms with Gasteiger partial charge in [-0.3, -0.25) is 0 Å². The predicted molar refractivity (Wildman–Crippen MR) is 65.2 cm³/mol. The number of halogens is 2. The average molecular weight is 288 g/mol. The highest BCUT2D eigenvalue weighted by atomic mass is 79.9. The Morgan fingerprint density at radius 2 is 2.00 bits per heavy atom. The number of nitrogens with zero attached hydrogens (tertiary/aromatic N) is 2. The first-order chi connectivity index (χ1) is 7.49. The molecule has 0 saturated heterocycles. The Morgan fingerprint density at radius 3 is 2.62 bits per heavy atom. The van der Waals surface area contributed by atoms with Crippen LogP contribution in [0.4, 0.5) is 4.39 Å². The van der Waals surface area contributed by atoms with Gasteiger partial charge in [-0.15, -0.1) is 0 Å². The van der Waals surface area contributed by atoms with Gasteiger partial charge < -0.3 is 17.2 Å². The second kappa shape index (κ2) is 5.45. The van der Waals surface area contributed by atoms with Gasteiger partial charge in [-0.05, 0) is 23.8 Å². The Bertz CT molecular complexity index is 440. The van der Waals surface area contributed by atoms with Crippen LogP contribution in [0.1, 0.15) is 5.56 Å². The molecule has 0 atom stereocenters. The first kappa shape index (κ1) is 12.4. The molecule has 1 aromatic rings. The summed E-state index contributed by atoms with van der Waals surface area (Å²) in [7, 11) is 0. The van der Waals surface area contributed by atoms with Gasteiger partial charge >= 0.3 is 0 Å². The highest BCUT2D eigenvalue weighted by Gasteiger charge is 2.01. The molecule has 0 aliphatic heterocycles. The van der Waals surface area contributed by atoms with E-state index < -0.39 is 0 Å². The molecular weight excluding hydrogens is 277 g/mol. The van der Waals surface area contributed by atoms with E-state index in [1.807, 2.05) is 0 Å². The molecule has 0 aliphatic rings. The van der Waals surface area contributed by atoms with Crippen LogP contribution in [-0.2, 0) is 6.54 Å². The van der Waals surface area contributed by atoms with Gasteiger partial charge in [0, 0.05) is 4.47 Å². The second-order valence-corrected chi connectivity index (χ2v) is 3.80. The predicted octanol–water partition coefficient (Wildman–Crippen LogP) is 0.676. The van der Waals surface area contributed by atoms with Crippen LogP contribution in [0.25, 0.3) is 0 Å². The maximum Gasteiger partial charge on any atom is 0.218 e. The Kier molecular flexibility index (Phi) is 4.24. The maximum absolute atomic E-state index is 12.9. The van der Waals surface area contributed by atoms with E-state index in [1.165, 1.54) is 12.1 Å². The van der Waals surface area contributed by atoms with Crippen molar-refractivity contribution >= 4 is 27.8 Å². The lowest BCUT2D eigenvalue weighted by Crippen LogP contribution is -2.26. The van der Waals surface area contributed by atoms with Crippen LogP contribution in [0.3, 0.4) is 0 Å². The van der Waals surface area contributed by atoms with E-state index in [2.05, 4.69) is 25.9 Å². The molecule has 0 amide bonds. The van der Waals surface area contributed by atoms with Crippen molar-refractivity contribution in [3.05, 3.63) is 34.1 Å². The summed E-state index contributed by atoms with van der Waals surface area (Å²) in [5.41, 5.74) is 16.3. The standard InChI is InChI=1S/C9H11BrFN5/c10-7-2-1-6(11)3-5(7)4-15-9(14)16-8(12)13/h1-3H,4H2,(H6,12,13,14,15,16). The smallest absolute Gasteiger partial charge is 0.218 e. The molecule has 0 heterocycles. The van der Waals surface area contributed by atoms with Crippen molar-refractivity contribution in [2.24, 2.45) is 27.2 Å². The van der Waals surface area contributed by atoms with Gasteiger partial charge in [0.25, 0.3) is 0 Å². The molecule has 16 heavy (non-hydrogen) atoms. The minimum Gasteiger partial charge on any atom is -0.370 e. The molecule has 0 spiro atoms. The average Bonchev–Trinajstić information content (AvgIpc) is 2.18. The van der Waals surface area contributed by atoms with Gasteiger partial charge in [0.2, 0.25) is 5.96 Å². The van der Waals surface area contributed by atoms with Crippen molar-refractivity contribution in [1.29, 1.82) is 0 Å². The van der Waals surface area contributed by atoms with E-state index in [9.17, 15) is 4.39 Å². The summed E-state index contributed by atoms with van der Waals surface area (Å²) in [5.74, 6) is -0.551.